The maximum atomic E-state index is 6.20. The number of anilines is 1. The minimum Gasteiger partial charge on any atom is -0.456 e. The summed E-state index contributed by atoms with van der Waals surface area (Å²) in [6.07, 6.45) is 8.53. The summed E-state index contributed by atoms with van der Waals surface area (Å²) in [5, 5.41) is 13.3. The number of nitrogens with one attached hydrogen (secondary N) is 3. The highest BCUT2D eigenvalue weighted by Gasteiger charge is 2.28. The zero-order valence-corrected chi connectivity index (χ0v) is 20.0. The largest absolute Gasteiger partial charge is 0.456 e. The number of aromatic nitrogens is 1. The van der Waals surface area contributed by atoms with Crippen molar-refractivity contribution in [1.29, 1.82) is 0 Å². The molecule has 4 heterocycles. The Balaban J connectivity index is 1.30. The van der Waals surface area contributed by atoms with Gasteiger partial charge in [-0.05, 0) is 43.0 Å². The highest BCUT2D eigenvalue weighted by Crippen LogP contribution is 2.32. The van der Waals surface area contributed by atoms with E-state index in [1.807, 2.05) is 12.3 Å². The molecule has 3 N–H and O–H groups in total. The molecule has 5 rings (SSSR count). The summed E-state index contributed by atoms with van der Waals surface area (Å²) in [6, 6.07) is 4.18. The van der Waals surface area contributed by atoms with Gasteiger partial charge >= 0.3 is 0 Å². The van der Waals surface area contributed by atoms with Crippen LogP contribution in [0.1, 0.15) is 13.3 Å². The zero-order chi connectivity index (χ0) is 21.9. The molecule has 170 valence electrons. The molecule has 0 bridgehead atoms. The second kappa shape index (κ2) is 9.62. The van der Waals surface area contributed by atoms with E-state index >= 15 is 0 Å². The summed E-state index contributed by atoms with van der Waals surface area (Å²) in [6.45, 7) is 6.10. The van der Waals surface area contributed by atoms with Crippen molar-refractivity contribution in [1.82, 2.24) is 25.4 Å². The van der Waals surface area contributed by atoms with Gasteiger partial charge in [0.1, 0.15) is 5.76 Å². The smallest absolute Gasteiger partial charge is 0.253 e. The summed E-state index contributed by atoms with van der Waals surface area (Å²) in [5.41, 5.74) is 0. The summed E-state index contributed by atoms with van der Waals surface area (Å²) >= 11 is 3.37. The standard InChI is InChI=1S/C22H29N7OS2/c1-15-5-7-16(8-6-15)30-21-25-19(24-20(27-21)29-11-9-28(2)10-12-29)26-22-23-14-18(32-22)17-4-3-13-31-17/h3-5,7-8,13-15,19,21,25H,6,9-12H2,1-2H3,(H,23,26)(H,24,27). The van der Waals surface area contributed by atoms with Crippen LogP contribution in [-0.2, 0) is 4.74 Å². The Kier molecular flexibility index (Phi) is 6.44. The zero-order valence-electron chi connectivity index (χ0n) is 18.3. The number of rotatable bonds is 5. The van der Waals surface area contributed by atoms with Crippen LogP contribution in [0.5, 0.6) is 0 Å². The Morgan fingerprint density at radius 2 is 2.09 bits per heavy atom. The second-order valence-electron chi connectivity index (χ2n) is 8.29. The highest BCUT2D eigenvalue weighted by molar-refractivity contribution is 7.23. The molecule has 1 fully saturated rings. The van der Waals surface area contributed by atoms with Gasteiger partial charge in [-0.3, -0.25) is 0 Å². The lowest BCUT2D eigenvalue weighted by atomic mass is 10.0. The number of thiophene rings is 1. The Bertz CT molecular complexity index is 992. The molecular weight excluding hydrogens is 442 g/mol. The van der Waals surface area contributed by atoms with E-state index in [-0.39, 0.29) is 6.29 Å². The average Bonchev–Trinajstić information content (AvgIpc) is 3.48. The molecule has 3 aliphatic rings. The lowest BCUT2D eigenvalue weighted by molar-refractivity contribution is 0.0777. The fourth-order valence-electron chi connectivity index (χ4n) is 3.75. The van der Waals surface area contributed by atoms with Crippen LogP contribution >= 0.6 is 22.7 Å². The summed E-state index contributed by atoms with van der Waals surface area (Å²) < 4.78 is 6.20. The molecule has 0 spiro atoms. The Labute approximate surface area is 196 Å². The Morgan fingerprint density at radius 1 is 1.22 bits per heavy atom. The fraction of sp³-hybridized carbons (Fsp3) is 0.455. The Hall–Kier alpha value is -2.40. The molecule has 1 saturated heterocycles. The molecule has 10 heteroatoms. The van der Waals surface area contributed by atoms with E-state index in [0.717, 1.165) is 54.3 Å². The molecule has 0 amide bonds. The summed E-state index contributed by atoms with van der Waals surface area (Å²) in [4.78, 5) is 16.4. The van der Waals surface area contributed by atoms with Crippen LogP contribution in [0.15, 0.2) is 52.7 Å². The molecule has 0 radical (unpaired) electrons. The van der Waals surface area contributed by atoms with Crippen LogP contribution in [0.4, 0.5) is 5.13 Å². The van der Waals surface area contributed by atoms with E-state index in [2.05, 4.69) is 74.4 Å². The first-order valence-electron chi connectivity index (χ1n) is 11.0. The topological polar surface area (TPSA) is 77.1 Å². The van der Waals surface area contributed by atoms with Gasteiger partial charge in [0.25, 0.3) is 6.35 Å². The highest BCUT2D eigenvalue weighted by atomic mass is 32.1. The van der Waals surface area contributed by atoms with E-state index < -0.39 is 6.35 Å². The summed E-state index contributed by atoms with van der Waals surface area (Å²) in [7, 11) is 2.15. The first-order chi connectivity index (χ1) is 15.6. The van der Waals surface area contributed by atoms with Gasteiger partial charge in [0, 0.05) is 37.3 Å². The third-order valence-electron chi connectivity index (χ3n) is 5.69. The fourth-order valence-corrected chi connectivity index (χ4v) is 5.41. The van der Waals surface area contributed by atoms with Crippen molar-refractivity contribution in [2.24, 2.45) is 10.9 Å². The van der Waals surface area contributed by atoms with Gasteiger partial charge in [0.2, 0.25) is 5.96 Å². The molecule has 0 aromatic carbocycles. The number of hydrogen-bond donors (Lipinski definition) is 3. The quantitative estimate of drug-likeness (QED) is 0.618. The van der Waals surface area contributed by atoms with Gasteiger partial charge in [-0.1, -0.05) is 30.4 Å². The van der Waals surface area contributed by atoms with Crippen LogP contribution in [-0.4, -0.2) is 66.6 Å². The molecule has 2 aromatic rings. The number of hydrogen-bond acceptors (Lipinski definition) is 10. The van der Waals surface area contributed by atoms with Crippen LogP contribution in [0.3, 0.4) is 0 Å². The predicted octanol–water partition coefficient (Wildman–Crippen LogP) is 3.14. The van der Waals surface area contributed by atoms with Gasteiger partial charge in [-0.15, -0.1) is 11.3 Å². The predicted molar refractivity (Wildman–Crippen MR) is 131 cm³/mol. The average molecular weight is 472 g/mol. The second-order valence-corrected chi connectivity index (χ2v) is 10.3. The summed E-state index contributed by atoms with van der Waals surface area (Å²) in [5.74, 6) is 2.25. The SMILES string of the molecule is CC1C=CC(OC2N=C(N3CCN(C)CC3)NC(Nc3ncc(-c4cccs4)s3)N2)=CC1. The molecule has 3 unspecified atom stereocenters. The molecule has 8 nitrogen and oxygen atoms in total. The minimum atomic E-state index is -0.482. The molecule has 0 saturated carbocycles. The van der Waals surface area contributed by atoms with Crippen LogP contribution in [0, 0.1) is 5.92 Å². The van der Waals surface area contributed by atoms with Crippen LogP contribution in [0.2, 0.25) is 0 Å². The third kappa shape index (κ3) is 5.15. The van der Waals surface area contributed by atoms with Crippen molar-refractivity contribution in [3.63, 3.8) is 0 Å². The maximum absolute atomic E-state index is 6.20. The molecule has 2 aliphatic heterocycles. The van der Waals surface area contributed by atoms with Crippen LogP contribution in [0.25, 0.3) is 9.75 Å². The molecule has 2 aromatic heterocycles. The van der Waals surface area contributed by atoms with Gasteiger partial charge in [0.05, 0.1) is 4.88 Å². The van der Waals surface area contributed by atoms with E-state index in [4.69, 9.17) is 9.73 Å². The number of nitrogens with zero attached hydrogens (tertiary/aromatic N) is 4. The lowest BCUT2D eigenvalue weighted by Crippen LogP contribution is -2.63. The van der Waals surface area contributed by atoms with Gasteiger partial charge < -0.3 is 25.2 Å². The molecule has 32 heavy (non-hydrogen) atoms. The van der Waals surface area contributed by atoms with Gasteiger partial charge in [-0.25, -0.2) is 10.3 Å². The molecule has 3 atom stereocenters. The number of ether oxygens (including phenoxy) is 1. The van der Waals surface area contributed by atoms with Crippen molar-refractivity contribution >= 4 is 33.8 Å². The first kappa shape index (κ1) is 21.4. The van der Waals surface area contributed by atoms with Crippen molar-refractivity contribution in [3.8, 4) is 9.75 Å². The lowest BCUT2D eigenvalue weighted by Gasteiger charge is -2.39. The van der Waals surface area contributed by atoms with E-state index in [1.54, 1.807) is 22.7 Å². The van der Waals surface area contributed by atoms with Crippen molar-refractivity contribution in [3.05, 3.63) is 47.7 Å². The number of aliphatic imine (C=N–C) groups is 1. The van der Waals surface area contributed by atoms with E-state index in [9.17, 15) is 0 Å². The van der Waals surface area contributed by atoms with Crippen molar-refractivity contribution < 1.29 is 4.74 Å². The number of likely N-dealkylation sites (N-methyl/N-ethyl adjacent to an activating group) is 1. The monoisotopic (exact) mass is 471 g/mol. The molecule has 1 aliphatic carbocycles. The normalized spacial score (nSPS) is 26.3. The number of allylic oxidation sites excluding steroid dienone is 3. The third-order valence-corrected chi connectivity index (χ3v) is 7.68. The maximum Gasteiger partial charge on any atom is 0.253 e. The number of guanidine groups is 1. The number of thiazole rings is 1. The first-order valence-corrected chi connectivity index (χ1v) is 12.7. The van der Waals surface area contributed by atoms with E-state index in [1.165, 1.54) is 4.88 Å². The van der Waals surface area contributed by atoms with Crippen molar-refractivity contribution in [2.45, 2.75) is 26.0 Å². The van der Waals surface area contributed by atoms with Crippen LogP contribution < -0.4 is 16.0 Å². The molecular formula is C22H29N7OS2. The Morgan fingerprint density at radius 3 is 2.84 bits per heavy atom. The van der Waals surface area contributed by atoms with Crippen molar-refractivity contribution in [2.75, 3.05) is 38.5 Å². The van der Waals surface area contributed by atoms with Gasteiger partial charge in [0.15, 0.2) is 11.4 Å². The minimum absolute atomic E-state index is 0.249. The number of piperazine rings is 1. The van der Waals surface area contributed by atoms with Gasteiger partial charge in [-0.2, -0.15) is 4.99 Å². The van der Waals surface area contributed by atoms with E-state index in [0.29, 0.717) is 5.92 Å².